The van der Waals surface area contributed by atoms with Crippen molar-refractivity contribution in [3.63, 3.8) is 0 Å². The molecule has 21 heavy (non-hydrogen) atoms. The van der Waals surface area contributed by atoms with Crippen LogP contribution in [0.2, 0.25) is 0 Å². The smallest absolute Gasteiger partial charge is 0.232 e. The van der Waals surface area contributed by atoms with Gasteiger partial charge in [0.2, 0.25) is 11.8 Å². The van der Waals surface area contributed by atoms with Gasteiger partial charge in [0.05, 0.1) is 0 Å². The van der Waals surface area contributed by atoms with Gasteiger partial charge in [-0.3, -0.25) is 0 Å². The number of nitrogens with zero attached hydrogens (tertiary/aromatic N) is 2. The maximum atomic E-state index is 5.69. The first-order valence-corrected chi connectivity index (χ1v) is 6.82. The standard InChI is InChI=1S/C15H16N4OS/c1-3-9-16-15(21)19-14-17-11(2)10-13(18-14)20-12-7-5-4-6-8-12/h3-8,10H,1,9H2,2H3,(H2,16,17,18,19,21). The summed E-state index contributed by atoms with van der Waals surface area (Å²) in [6.45, 7) is 6.05. The molecule has 0 spiro atoms. The molecule has 0 saturated heterocycles. The monoisotopic (exact) mass is 300 g/mol. The van der Waals surface area contributed by atoms with Crippen LogP contribution < -0.4 is 15.4 Å². The number of para-hydroxylation sites is 1. The Morgan fingerprint density at radius 3 is 2.81 bits per heavy atom. The van der Waals surface area contributed by atoms with Crippen LogP contribution >= 0.6 is 12.2 Å². The topological polar surface area (TPSA) is 59.1 Å². The van der Waals surface area contributed by atoms with Crippen LogP contribution in [0, 0.1) is 6.92 Å². The Balaban J connectivity index is 2.10. The van der Waals surface area contributed by atoms with E-state index in [4.69, 9.17) is 17.0 Å². The van der Waals surface area contributed by atoms with Gasteiger partial charge in [-0.05, 0) is 31.3 Å². The molecule has 2 rings (SSSR count). The molecule has 5 nitrogen and oxygen atoms in total. The van der Waals surface area contributed by atoms with Gasteiger partial charge in [-0.1, -0.05) is 24.3 Å². The lowest BCUT2D eigenvalue weighted by atomic mass is 10.3. The molecule has 0 atom stereocenters. The van der Waals surface area contributed by atoms with Crippen molar-refractivity contribution in [1.82, 2.24) is 15.3 Å². The quantitative estimate of drug-likeness (QED) is 0.654. The van der Waals surface area contributed by atoms with Crippen molar-refractivity contribution in [1.29, 1.82) is 0 Å². The highest BCUT2D eigenvalue weighted by molar-refractivity contribution is 7.80. The number of benzene rings is 1. The molecule has 1 aromatic heterocycles. The molecule has 0 aliphatic heterocycles. The van der Waals surface area contributed by atoms with E-state index in [0.29, 0.717) is 29.2 Å². The van der Waals surface area contributed by atoms with Crippen LogP contribution in [0.15, 0.2) is 49.1 Å². The third-order valence-electron chi connectivity index (χ3n) is 2.43. The summed E-state index contributed by atoms with van der Waals surface area (Å²) in [4.78, 5) is 8.55. The summed E-state index contributed by atoms with van der Waals surface area (Å²) in [5.41, 5.74) is 0.782. The zero-order chi connectivity index (χ0) is 15.1. The molecular formula is C15H16N4OS. The van der Waals surface area contributed by atoms with E-state index < -0.39 is 0 Å². The lowest BCUT2D eigenvalue weighted by molar-refractivity contribution is 0.462. The van der Waals surface area contributed by atoms with E-state index in [0.717, 1.165) is 5.69 Å². The van der Waals surface area contributed by atoms with Gasteiger partial charge in [-0.2, -0.15) is 4.98 Å². The number of rotatable bonds is 5. The summed E-state index contributed by atoms with van der Waals surface area (Å²) >= 11 is 5.13. The zero-order valence-corrected chi connectivity index (χ0v) is 12.5. The van der Waals surface area contributed by atoms with Crippen LogP contribution in [-0.4, -0.2) is 21.6 Å². The maximum absolute atomic E-state index is 5.69. The number of thiocarbonyl (C=S) groups is 1. The van der Waals surface area contributed by atoms with Crippen molar-refractivity contribution in [2.75, 3.05) is 11.9 Å². The molecule has 0 unspecified atom stereocenters. The Hall–Kier alpha value is -2.47. The van der Waals surface area contributed by atoms with E-state index in [9.17, 15) is 0 Å². The Morgan fingerprint density at radius 1 is 1.33 bits per heavy atom. The molecule has 0 aliphatic carbocycles. The van der Waals surface area contributed by atoms with Crippen molar-refractivity contribution in [3.05, 3.63) is 54.7 Å². The summed E-state index contributed by atoms with van der Waals surface area (Å²) in [7, 11) is 0. The highest BCUT2D eigenvalue weighted by Gasteiger charge is 2.05. The van der Waals surface area contributed by atoms with Gasteiger partial charge in [-0.15, -0.1) is 6.58 Å². The van der Waals surface area contributed by atoms with Crippen molar-refractivity contribution in [2.24, 2.45) is 0 Å². The van der Waals surface area contributed by atoms with Gasteiger partial charge < -0.3 is 15.4 Å². The molecule has 0 aliphatic rings. The van der Waals surface area contributed by atoms with Crippen molar-refractivity contribution in [2.45, 2.75) is 6.92 Å². The molecule has 0 saturated carbocycles. The molecule has 108 valence electrons. The molecule has 1 heterocycles. The third kappa shape index (κ3) is 4.85. The van der Waals surface area contributed by atoms with Crippen molar-refractivity contribution >= 4 is 23.3 Å². The lowest BCUT2D eigenvalue weighted by Crippen LogP contribution is -2.29. The Bertz CT molecular complexity index is 631. The Kier molecular flexibility index (Phi) is 5.22. The van der Waals surface area contributed by atoms with Gasteiger partial charge in [0.25, 0.3) is 0 Å². The number of anilines is 1. The van der Waals surface area contributed by atoms with E-state index in [1.165, 1.54) is 0 Å². The minimum Gasteiger partial charge on any atom is -0.439 e. The highest BCUT2D eigenvalue weighted by atomic mass is 32.1. The zero-order valence-electron chi connectivity index (χ0n) is 11.7. The minimum atomic E-state index is 0.391. The maximum Gasteiger partial charge on any atom is 0.232 e. The van der Waals surface area contributed by atoms with E-state index in [2.05, 4.69) is 27.2 Å². The third-order valence-corrected chi connectivity index (χ3v) is 2.68. The van der Waals surface area contributed by atoms with E-state index in [-0.39, 0.29) is 0 Å². The van der Waals surface area contributed by atoms with Crippen LogP contribution in [0.3, 0.4) is 0 Å². The van der Waals surface area contributed by atoms with Gasteiger partial charge in [-0.25, -0.2) is 4.98 Å². The number of hydrogen-bond donors (Lipinski definition) is 2. The minimum absolute atomic E-state index is 0.391. The van der Waals surface area contributed by atoms with Crippen LogP contribution in [0.1, 0.15) is 5.69 Å². The van der Waals surface area contributed by atoms with Gasteiger partial charge >= 0.3 is 0 Å². The summed E-state index contributed by atoms with van der Waals surface area (Å²) in [6.07, 6.45) is 1.72. The molecule has 0 bridgehead atoms. The second-order valence-corrected chi connectivity index (χ2v) is 4.62. The van der Waals surface area contributed by atoms with Crippen LogP contribution in [0.5, 0.6) is 11.6 Å². The first-order valence-electron chi connectivity index (χ1n) is 6.41. The average molecular weight is 300 g/mol. The molecule has 0 fully saturated rings. The number of aromatic nitrogens is 2. The first-order chi connectivity index (χ1) is 10.2. The molecule has 0 amide bonds. The van der Waals surface area contributed by atoms with Crippen LogP contribution in [0.4, 0.5) is 5.95 Å². The largest absolute Gasteiger partial charge is 0.439 e. The average Bonchev–Trinajstić information content (AvgIpc) is 2.45. The summed E-state index contributed by atoms with van der Waals surface area (Å²) in [5, 5.41) is 6.30. The Morgan fingerprint density at radius 2 is 2.10 bits per heavy atom. The van der Waals surface area contributed by atoms with E-state index in [1.807, 2.05) is 37.3 Å². The number of nitrogens with one attached hydrogen (secondary N) is 2. The van der Waals surface area contributed by atoms with Gasteiger partial charge in [0.15, 0.2) is 5.11 Å². The summed E-state index contributed by atoms with van der Waals surface area (Å²) in [6, 6.07) is 11.2. The molecular weight excluding hydrogens is 284 g/mol. The molecule has 1 aromatic carbocycles. The highest BCUT2D eigenvalue weighted by Crippen LogP contribution is 2.20. The van der Waals surface area contributed by atoms with Crippen LogP contribution in [-0.2, 0) is 0 Å². The molecule has 6 heteroatoms. The molecule has 0 radical (unpaired) electrons. The second kappa shape index (κ2) is 7.35. The first kappa shape index (κ1) is 14.9. The van der Waals surface area contributed by atoms with E-state index >= 15 is 0 Å². The fraction of sp³-hybridized carbons (Fsp3) is 0.133. The van der Waals surface area contributed by atoms with Crippen LogP contribution in [0.25, 0.3) is 0 Å². The molecule has 2 aromatic rings. The number of hydrogen-bond acceptors (Lipinski definition) is 4. The number of ether oxygens (including phenoxy) is 1. The predicted octanol–water partition coefficient (Wildman–Crippen LogP) is 3.05. The summed E-state index contributed by atoms with van der Waals surface area (Å²) < 4.78 is 5.69. The lowest BCUT2D eigenvalue weighted by Gasteiger charge is -2.10. The van der Waals surface area contributed by atoms with E-state index in [1.54, 1.807) is 12.1 Å². The fourth-order valence-electron chi connectivity index (χ4n) is 1.57. The number of aryl methyl sites for hydroxylation is 1. The van der Waals surface area contributed by atoms with Crippen molar-refractivity contribution in [3.8, 4) is 11.6 Å². The molecule has 2 N–H and O–H groups in total. The second-order valence-electron chi connectivity index (χ2n) is 4.21. The fourth-order valence-corrected chi connectivity index (χ4v) is 1.74. The normalized spacial score (nSPS) is 9.76. The van der Waals surface area contributed by atoms with Gasteiger partial charge in [0.1, 0.15) is 5.75 Å². The van der Waals surface area contributed by atoms with Gasteiger partial charge in [0, 0.05) is 18.3 Å². The Labute approximate surface area is 129 Å². The van der Waals surface area contributed by atoms with Crippen molar-refractivity contribution < 1.29 is 4.74 Å². The predicted molar refractivity (Wildman–Crippen MR) is 87.7 cm³/mol. The SMILES string of the molecule is C=CCNC(=S)Nc1nc(C)cc(Oc2ccccc2)n1. The summed E-state index contributed by atoms with van der Waals surface area (Å²) in [5.74, 6) is 1.57.